The van der Waals surface area contributed by atoms with Crippen molar-refractivity contribution in [3.05, 3.63) is 29.3 Å². The van der Waals surface area contributed by atoms with Crippen molar-refractivity contribution >= 4 is 29.3 Å². The average molecular weight is 299 g/mol. The van der Waals surface area contributed by atoms with Crippen molar-refractivity contribution in [3.63, 3.8) is 0 Å². The van der Waals surface area contributed by atoms with Crippen LogP contribution in [0.1, 0.15) is 25.7 Å². The first kappa shape index (κ1) is 16.3. The summed E-state index contributed by atoms with van der Waals surface area (Å²) in [7, 11) is 1.38. The molecule has 0 heterocycles. The van der Waals surface area contributed by atoms with Crippen molar-refractivity contribution in [2.75, 3.05) is 19.0 Å². The summed E-state index contributed by atoms with van der Waals surface area (Å²) in [4.78, 5) is 22.5. The van der Waals surface area contributed by atoms with Gasteiger partial charge in [-0.15, -0.1) is 0 Å². The van der Waals surface area contributed by atoms with Crippen LogP contribution in [0, 0.1) is 0 Å². The van der Waals surface area contributed by atoms with Crippen molar-refractivity contribution in [2.45, 2.75) is 25.7 Å². The number of hydrogen-bond acceptors (Lipinski definition) is 3. The van der Waals surface area contributed by atoms with Gasteiger partial charge in [0, 0.05) is 13.0 Å². The van der Waals surface area contributed by atoms with E-state index in [0.29, 0.717) is 23.7 Å². The second-order valence-electron chi connectivity index (χ2n) is 4.25. The molecule has 1 aromatic rings. The number of anilines is 1. The number of unbranched alkanes of at least 4 members (excludes halogenated alkanes) is 2. The lowest BCUT2D eigenvalue weighted by atomic mass is 10.2. The molecule has 0 spiro atoms. The number of methoxy groups -OCH3 is 1. The van der Waals surface area contributed by atoms with Gasteiger partial charge in [0.15, 0.2) is 0 Å². The minimum absolute atomic E-state index is 0.200. The van der Waals surface area contributed by atoms with E-state index in [4.69, 9.17) is 11.6 Å². The van der Waals surface area contributed by atoms with E-state index >= 15 is 0 Å². The van der Waals surface area contributed by atoms with Gasteiger partial charge < -0.3 is 15.4 Å². The van der Waals surface area contributed by atoms with Crippen LogP contribution in [0.4, 0.5) is 10.5 Å². The average Bonchev–Trinajstić information content (AvgIpc) is 2.44. The third kappa shape index (κ3) is 6.43. The Bertz CT molecular complexity index is 452. The number of ether oxygens (including phenoxy) is 1. The predicted octanol–water partition coefficient (Wildman–Crippen LogP) is 3.19. The molecular weight excluding hydrogens is 280 g/mol. The summed E-state index contributed by atoms with van der Waals surface area (Å²) in [6.07, 6.45) is 2.86. The molecule has 2 amide bonds. The quantitative estimate of drug-likeness (QED) is 0.600. The monoisotopic (exact) mass is 298 g/mol. The molecule has 110 valence electrons. The Hall–Kier alpha value is -1.75. The number of amides is 2. The molecule has 0 aliphatic carbocycles. The first-order valence-corrected chi connectivity index (χ1v) is 6.87. The molecule has 5 nitrogen and oxygen atoms in total. The van der Waals surface area contributed by atoms with E-state index in [1.54, 1.807) is 24.3 Å². The van der Waals surface area contributed by atoms with E-state index < -0.39 is 0 Å². The summed E-state index contributed by atoms with van der Waals surface area (Å²) in [6, 6.07) is 6.76. The van der Waals surface area contributed by atoms with Crippen LogP contribution in [-0.4, -0.2) is 25.7 Å². The minimum Gasteiger partial charge on any atom is -0.469 e. The highest BCUT2D eigenvalue weighted by atomic mass is 35.5. The topological polar surface area (TPSA) is 67.4 Å². The zero-order chi connectivity index (χ0) is 14.8. The molecule has 0 fully saturated rings. The van der Waals surface area contributed by atoms with Crippen LogP contribution < -0.4 is 10.6 Å². The molecule has 0 bridgehead atoms. The fourth-order valence-corrected chi connectivity index (χ4v) is 1.79. The second-order valence-corrected chi connectivity index (χ2v) is 4.65. The lowest BCUT2D eigenvalue weighted by molar-refractivity contribution is -0.140. The van der Waals surface area contributed by atoms with Gasteiger partial charge in [0.25, 0.3) is 0 Å². The fourth-order valence-electron chi connectivity index (χ4n) is 1.60. The molecule has 2 N–H and O–H groups in total. The van der Waals surface area contributed by atoms with Gasteiger partial charge in [-0.3, -0.25) is 4.79 Å². The summed E-state index contributed by atoms with van der Waals surface area (Å²) in [5.74, 6) is -0.200. The van der Waals surface area contributed by atoms with Crippen LogP contribution in [0.3, 0.4) is 0 Å². The Morgan fingerprint density at radius 3 is 2.65 bits per heavy atom. The van der Waals surface area contributed by atoms with Crippen LogP contribution in [0.5, 0.6) is 0 Å². The summed E-state index contributed by atoms with van der Waals surface area (Å²) in [5.41, 5.74) is 0.581. The predicted molar refractivity (Wildman–Crippen MR) is 79.0 cm³/mol. The Morgan fingerprint density at radius 2 is 1.95 bits per heavy atom. The van der Waals surface area contributed by atoms with Gasteiger partial charge >= 0.3 is 12.0 Å². The van der Waals surface area contributed by atoms with E-state index in [1.165, 1.54) is 7.11 Å². The maximum Gasteiger partial charge on any atom is 0.319 e. The Morgan fingerprint density at radius 1 is 1.20 bits per heavy atom. The first-order chi connectivity index (χ1) is 9.63. The number of benzene rings is 1. The van der Waals surface area contributed by atoms with Crippen molar-refractivity contribution in [1.82, 2.24) is 5.32 Å². The van der Waals surface area contributed by atoms with Gasteiger partial charge in [-0.25, -0.2) is 4.79 Å². The second kappa shape index (κ2) is 9.20. The SMILES string of the molecule is COC(=O)CCCCCNC(=O)Nc1ccccc1Cl. The van der Waals surface area contributed by atoms with Gasteiger partial charge in [-0.1, -0.05) is 30.2 Å². The van der Waals surface area contributed by atoms with E-state index in [2.05, 4.69) is 15.4 Å². The number of rotatable bonds is 7. The van der Waals surface area contributed by atoms with Crippen LogP contribution >= 0.6 is 11.6 Å². The lowest BCUT2D eigenvalue weighted by Gasteiger charge is -2.08. The van der Waals surface area contributed by atoms with Crippen molar-refractivity contribution in [3.8, 4) is 0 Å². The molecule has 0 aromatic heterocycles. The molecule has 6 heteroatoms. The Kier molecular flexibility index (Phi) is 7.50. The molecule has 0 saturated carbocycles. The number of esters is 1. The van der Waals surface area contributed by atoms with Crippen LogP contribution in [0.25, 0.3) is 0 Å². The van der Waals surface area contributed by atoms with Gasteiger partial charge in [0.2, 0.25) is 0 Å². The third-order valence-electron chi connectivity index (χ3n) is 2.69. The molecule has 0 saturated heterocycles. The smallest absolute Gasteiger partial charge is 0.319 e. The number of urea groups is 1. The van der Waals surface area contributed by atoms with E-state index in [-0.39, 0.29) is 12.0 Å². The highest BCUT2D eigenvalue weighted by Crippen LogP contribution is 2.19. The van der Waals surface area contributed by atoms with Gasteiger partial charge in [0.05, 0.1) is 17.8 Å². The molecular formula is C14H19ClN2O3. The zero-order valence-electron chi connectivity index (χ0n) is 11.4. The van der Waals surface area contributed by atoms with Crippen molar-refractivity contribution in [2.24, 2.45) is 0 Å². The molecule has 0 atom stereocenters. The van der Waals surface area contributed by atoms with Crippen LogP contribution in [0.15, 0.2) is 24.3 Å². The molecule has 0 aliphatic heterocycles. The molecule has 1 rings (SSSR count). The fraction of sp³-hybridized carbons (Fsp3) is 0.429. The zero-order valence-corrected chi connectivity index (χ0v) is 12.2. The van der Waals surface area contributed by atoms with E-state index in [9.17, 15) is 9.59 Å². The number of halogens is 1. The minimum atomic E-state index is -0.286. The molecule has 20 heavy (non-hydrogen) atoms. The van der Waals surface area contributed by atoms with Crippen LogP contribution in [0.2, 0.25) is 5.02 Å². The van der Waals surface area contributed by atoms with E-state index in [0.717, 1.165) is 19.3 Å². The largest absolute Gasteiger partial charge is 0.469 e. The third-order valence-corrected chi connectivity index (χ3v) is 3.02. The van der Waals surface area contributed by atoms with E-state index in [1.807, 2.05) is 0 Å². The molecule has 0 aliphatic rings. The number of carbonyl (C=O) groups is 2. The number of carbonyl (C=O) groups excluding carboxylic acids is 2. The number of para-hydroxylation sites is 1. The van der Waals surface area contributed by atoms with Crippen LogP contribution in [-0.2, 0) is 9.53 Å². The summed E-state index contributed by atoms with van der Waals surface area (Å²) >= 11 is 5.93. The Balaban J connectivity index is 2.12. The Labute approximate surface area is 123 Å². The van der Waals surface area contributed by atoms with Crippen molar-refractivity contribution in [1.29, 1.82) is 0 Å². The maximum absolute atomic E-state index is 11.6. The molecule has 1 aromatic carbocycles. The number of hydrogen-bond donors (Lipinski definition) is 2. The van der Waals surface area contributed by atoms with Crippen molar-refractivity contribution < 1.29 is 14.3 Å². The maximum atomic E-state index is 11.6. The summed E-state index contributed by atoms with van der Waals surface area (Å²) in [5, 5.41) is 5.91. The lowest BCUT2D eigenvalue weighted by Crippen LogP contribution is -2.29. The molecule has 0 radical (unpaired) electrons. The van der Waals surface area contributed by atoms with Gasteiger partial charge in [-0.2, -0.15) is 0 Å². The van der Waals surface area contributed by atoms with Gasteiger partial charge in [0.1, 0.15) is 0 Å². The number of nitrogens with one attached hydrogen (secondary N) is 2. The highest BCUT2D eigenvalue weighted by molar-refractivity contribution is 6.33. The van der Waals surface area contributed by atoms with Gasteiger partial charge in [-0.05, 0) is 25.0 Å². The normalized spacial score (nSPS) is 9.90. The summed E-state index contributed by atoms with van der Waals surface area (Å²) < 4.78 is 4.54. The first-order valence-electron chi connectivity index (χ1n) is 6.49. The standard InChI is InChI=1S/C14H19ClN2O3/c1-20-13(18)9-3-2-6-10-16-14(19)17-12-8-5-4-7-11(12)15/h4-5,7-8H,2-3,6,9-10H2,1H3,(H2,16,17,19). The summed E-state index contributed by atoms with van der Waals surface area (Å²) in [6.45, 7) is 0.553. The highest BCUT2D eigenvalue weighted by Gasteiger charge is 2.04. The molecule has 0 unspecified atom stereocenters.